The number of fused-ring (bicyclic) bond motifs is 1. The van der Waals surface area contributed by atoms with Crippen LogP contribution < -0.4 is 0 Å². The summed E-state index contributed by atoms with van der Waals surface area (Å²) in [6, 6.07) is 5.57. The van der Waals surface area contributed by atoms with Gasteiger partial charge in [-0.05, 0) is 25.1 Å². The molecular formula is C11H10N2O2. The van der Waals surface area contributed by atoms with E-state index >= 15 is 0 Å². The fourth-order valence-electron chi connectivity index (χ4n) is 1.45. The molecule has 0 saturated carbocycles. The first-order valence-electron chi connectivity index (χ1n) is 4.52. The second-order valence-corrected chi connectivity index (χ2v) is 3.23. The van der Waals surface area contributed by atoms with Crippen LogP contribution in [0.15, 0.2) is 30.5 Å². The number of pyridine rings is 1. The normalized spacial score (nSPS) is 11.3. The van der Waals surface area contributed by atoms with E-state index in [2.05, 4.69) is 4.98 Å². The average Bonchev–Trinajstić information content (AvgIpc) is 2.55. The topological polar surface area (TPSA) is 54.6 Å². The lowest BCUT2D eigenvalue weighted by molar-refractivity contribution is -0.131. The van der Waals surface area contributed by atoms with E-state index in [1.807, 2.05) is 35.7 Å². The van der Waals surface area contributed by atoms with Crippen molar-refractivity contribution in [3.05, 3.63) is 41.9 Å². The van der Waals surface area contributed by atoms with E-state index in [4.69, 9.17) is 5.11 Å². The molecule has 1 N–H and O–H groups in total. The molecule has 76 valence electrons. The molecule has 0 saturated heterocycles. The third kappa shape index (κ3) is 1.88. The van der Waals surface area contributed by atoms with E-state index in [0.29, 0.717) is 0 Å². The van der Waals surface area contributed by atoms with Crippen molar-refractivity contribution >= 4 is 17.7 Å². The van der Waals surface area contributed by atoms with Crippen molar-refractivity contribution < 1.29 is 9.90 Å². The number of aliphatic carboxylic acids is 1. The number of hydrogen-bond acceptors (Lipinski definition) is 2. The zero-order valence-corrected chi connectivity index (χ0v) is 8.21. The maximum Gasteiger partial charge on any atom is 0.328 e. The van der Waals surface area contributed by atoms with Crippen LogP contribution in [0.1, 0.15) is 11.4 Å². The van der Waals surface area contributed by atoms with Crippen LogP contribution in [-0.4, -0.2) is 20.5 Å². The second-order valence-electron chi connectivity index (χ2n) is 3.23. The van der Waals surface area contributed by atoms with Crippen molar-refractivity contribution in [1.82, 2.24) is 9.38 Å². The summed E-state index contributed by atoms with van der Waals surface area (Å²) in [5, 5.41) is 8.54. The Hall–Kier alpha value is -2.10. The smallest absolute Gasteiger partial charge is 0.328 e. The van der Waals surface area contributed by atoms with Crippen molar-refractivity contribution in [3.63, 3.8) is 0 Å². The van der Waals surface area contributed by atoms with Gasteiger partial charge < -0.3 is 9.51 Å². The molecule has 2 rings (SSSR count). The molecule has 0 atom stereocenters. The van der Waals surface area contributed by atoms with Crippen LogP contribution in [0.5, 0.6) is 0 Å². The fraction of sp³-hybridized carbons (Fsp3) is 0.0909. The molecule has 0 aliphatic carbocycles. The summed E-state index contributed by atoms with van der Waals surface area (Å²) >= 11 is 0. The highest BCUT2D eigenvalue weighted by Gasteiger charge is 1.99. The first-order chi connectivity index (χ1) is 7.16. The molecule has 0 aliphatic rings. The lowest BCUT2D eigenvalue weighted by atomic mass is 10.3. The molecule has 2 aromatic rings. The number of carboxylic acids is 1. The van der Waals surface area contributed by atoms with Crippen molar-refractivity contribution in [1.29, 1.82) is 0 Å². The van der Waals surface area contributed by atoms with Gasteiger partial charge in [0.15, 0.2) is 0 Å². The fourth-order valence-corrected chi connectivity index (χ4v) is 1.45. The predicted molar refractivity (Wildman–Crippen MR) is 56.6 cm³/mol. The number of hydrogen-bond donors (Lipinski definition) is 1. The Bertz CT molecular complexity index is 541. The van der Waals surface area contributed by atoms with E-state index in [9.17, 15) is 4.79 Å². The zero-order chi connectivity index (χ0) is 10.8. The number of aromatic nitrogens is 2. The molecule has 0 unspecified atom stereocenters. The first-order valence-corrected chi connectivity index (χ1v) is 4.52. The predicted octanol–water partition coefficient (Wildman–Crippen LogP) is 1.74. The minimum Gasteiger partial charge on any atom is -0.478 e. The number of aryl methyl sites for hydroxylation is 1. The molecular weight excluding hydrogens is 192 g/mol. The van der Waals surface area contributed by atoms with Crippen molar-refractivity contribution in [2.24, 2.45) is 0 Å². The van der Waals surface area contributed by atoms with Crippen molar-refractivity contribution in [2.45, 2.75) is 6.92 Å². The molecule has 0 amide bonds. The standard InChI is InChI=1S/C11H10N2O2/c1-8-7-13-9(5-6-11(14)15)3-2-4-10(13)12-8/h2-7H,1H3,(H,14,15). The molecule has 0 fully saturated rings. The Morgan fingerprint density at radius 3 is 3.07 bits per heavy atom. The van der Waals surface area contributed by atoms with Crippen molar-refractivity contribution in [2.75, 3.05) is 0 Å². The Labute approximate surface area is 86.5 Å². The molecule has 0 spiro atoms. The number of nitrogens with zero attached hydrogens (tertiary/aromatic N) is 2. The molecule has 4 heteroatoms. The molecule has 0 aromatic carbocycles. The van der Waals surface area contributed by atoms with Crippen LogP contribution >= 0.6 is 0 Å². The quantitative estimate of drug-likeness (QED) is 0.754. The monoisotopic (exact) mass is 202 g/mol. The van der Waals surface area contributed by atoms with Crippen LogP contribution in [0.2, 0.25) is 0 Å². The minimum atomic E-state index is -0.955. The van der Waals surface area contributed by atoms with Crippen LogP contribution in [0.4, 0.5) is 0 Å². The van der Waals surface area contributed by atoms with Gasteiger partial charge in [0.05, 0.1) is 5.69 Å². The van der Waals surface area contributed by atoms with Gasteiger partial charge in [-0.2, -0.15) is 0 Å². The Morgan fingerprint density at radius 2 is 2.33 bits per heavy atom. The second kappa shape index (κ2) is 3.57. The Kier molecular flexibility index (Phi) is 2.25. The first kappa shape index (κ1) is 9.45. The summed E-state index contributed by atoms with van der Waals surface area (Å²) in [6.07, 6.45) is 4.54. The molecule has 15 heavy (non-hydrogen) atoms. The SMILES string of the molecule is Cc1cn2c(C=CC(=O)O)cccc2n1. The number of rotatable bonds is 2. The van der Waals surface area contributed by atoms with E-state index in [1.54, 1.807) is 6.08 Å². The van der Waals surface area contributed by atoms with Crippen LogP contribution in [-0.2, 0) is 4.79 Å². The van der Waals surface area contributed by atoms with Gasteiger partial charge in [0.1, 0.15) is 5.65 Å². The summed E-state index contributed by atoms with van der Waals surface area (Å²) in [5.41, 5.74) is 2.53. The van der Waals surface area contributed by atoms with Crippen LogP contribution in [0.25, 0.3) is 11.7 Å². The third-order valence-electron chi connectivity index (χ3n) is 2.04. The summed E-state index contributed by atoms with van der Waals surface area (Å²) in [7, 11) is 0. The maximum atomic E-state index is 10.4. The average molecular weight is 202 g/mol. The van der Waals surface area contributed by atoms with E-state index in [1.165, 1.54) is 0 Å². The van der Waals surface area contributed by atoms with Gasteiger partial charge in [0.25, 0.3) is 0 Å². The van der Waals surface area contributed by atoms with Gasteiger partial charge in [0.2, 0.25) is 0 Å². The van der Waals surface area contributed by atoms with Gasteiger partial charge in [-0.25, -0.2) is 9.78 Å². The number of imidazole rings is 1. The lowest BCUT2D eigenvalue weighted by Gasteiger charge is -1.98. The third-order valence-corrected chi connectivity index (χ3v) is 2.04. The van der Waals surface area contributed by atoms with Gasteiger partial charge in [-0.3, -0.25) is 0 Å². The highest BCUT2D eigenvalue weighted by atomic mass is 16.4. The summed E-state index contributed by atoms with van der Waals surface area (Å²) in [5.74, 6) is -0.955. The van der Waals surface area contributed by atoms with Gasteiger partial charge in [-0.1, -0.05) is 6.07 Å². The van der Waals surface area contributed by atoms with Crippen LogP contribution in [0.3, 0.4) is 0 Å². The highest BCUT2D eigenvalue weighted by Crippen LogP contribution is 2.09. The molecule has 2 heterocycles. The van der Waals surface area contributed by atoms with E-state index < -0.39 is 5.97 Å². The van der Waals surface area contributed by atoms with Crippen LogP contribution in [0, 0.1) is 6.92 Å². The number of carbonyl (C=O) groups is 1. The summed E-state index contributed by atoms with van der Waals surface area (Å²) < 4.78 is 1.86. The highest BCUT2D eigenvalue weighted by molar-refractivity contribution is 5.85. The largest absolute Gasteiger partial charge is 0.478 e. The van der Waals surface area contributed by atoms with E-state index in [-0.39, 0.29) is 0 Å². The summed E-state index contributed by atoms with van der Waals surface area (Å²) in [6.45, 7) is 1.90. The zero-order valence-electron chi connectivity index (χ0n) is 8.21. The minimum absolute atomic E-state index is 0.801. The molecule has 0 radical (unpaired) electrons. The number of carboxylic acid groups (broad SMARTS) is 1. The molecule has 4 nitrogen and oxygen atoms in total. The van der Waals surface area contributed by atoms with Gasteiger partial charge in [0, 0.05) is 18.0 Å². The molecule has 0 aliphatic heterocycles. The van der Waals surface area contributed by atoms with Gasteiger partial charge >= 0.3 is 5.97 Å². The molecule has 2 aromatic heterocycles. The lowest BCUT2D eigenvalue weighted by Crippen LogP contribution is -1.91. The Morgan fingerprint density at radius 1 is 1.53 bits per heavy atom. The van der Waals surface area contributed by atoms with Gasteiger partial charge in [-0.15, -0.1) is 0 Å². The summed E-state index contributed by atoms with van der Waals surface area (Å²) in [4.78, 5) is 14.7. The van der Waals surface area contributed by atoms with Crippen molar-refractivity contribution in [3.8, 4) is 0 Å². The molecule has 0 bridgehead atoms. The van der Waals surface area contributed by atoms with E-state index in [0.717, 1.165) is 23.1 Å². The maximum absolute atomic E-state index is 10.4. The Balaban J connectivity index is 2.55.